The molecule has 1 aromatic heterocycles. The lowest BCUT2D eigenvalue weighted by Crippen LogP contribution is -2.37. The fraction of sp³-hybridized carbons (Fsp3) is 0.714. The van der Waals surface area contributed by atoms with Gasteiger partial charge in [0.2, 0.25) is 0 Å². The average molecular weight is 235 g/mol. The predicted molar refractivity (Wildman–Crippen MR) is 65.8 cm³/mol. The molecule has 0 radical (unpaired) electrons. The van der Waals surface area contributed by atoms with Gasteiger partial charge in [0.05, 0.1) is 25.2 Å². The Morgan fingerprint density at radius 1 is 1.24 bits per heavy atom. The SMILES string of the molecule is c1cc(C2CNCC3(CCCCC3)CO2)co1. The van der Waals surface area contributed by atoms with E-state index in [1.54, 1.807) is 12.5 Å². The fourth-order valence-electron chi connectivity index (χ4n) is 3.15. The van der Waals surface area contributed by atoms with Crippen LogP contribution in [0.3, 0.4) is 0 Å². The van der Waals surface area contributed by atoms with Crippen molar-refractivity contribution in [1.82, 2.24) is 5.32 Å². The van der Waals surface area contributed by atoms with Gasteiger partial charge in [-0.1, -0.05) is 19.3 Å². The minimum atomic E-state index is 0.162. The Morgan fingerprint density at radius 2 is 2.12 bits per heavy atom. The summed E-state index contributed by atoms with van der Waals surface area (Å²) in [6.45, 7) is 2.92. The van der Waals surface area contributed by atoms with Gasteiger partial charge in [-0.3, -0.25) is 0 Å². The summed E-state index contributed by atoms with van der Waals surface area (Å²) in [4.78, 5) is 0. The smallest absolute Gasteiger partial charge is 0.0980 e. The highest BCUT2D eigenvalue weighted by Gasteiger charge is 2.35. The molecule has 1 N–H and O–H groups in total. The first kappa shape index (κ1) is 11.3. The van der Waals surface area contributed by atoms with Crippen molar-refractivity contribution in [1.29, 1.82) is 0 Å². The third kappa shape index (κ3) is 2.40. The molecule has 1 saturated heterocycles. The number of nitrogens with one attached hydrogen (secondary N) is 1. The second-order valence-electron chi connectivity index (χ2n) is 5.55. The first-order chi connectivity index (χ1) is 8.38. The lowest BCUT2D eigenvalue weighted by Gasteiger charge is -2.35. The van der Waals surface area contributed by atoms with E-state index in [1.807, 2.05) is 6.07 Å². The molecule has 2 heterocycles. The van der Waals surface area contributed by atoms with Gasteiger partial charge in [0.15, 0.2) is 0 Å². The van der Waals surface area contributed by atoms with Gasteiger partial charge in [-0.15, -0.1) is 0 Å². The minimum Gasteiger partial charge on any atom is -0.472 e. The van der Waals surface area contributed by atoms with Crippen molar-refractivity contribution in [3.8, 4) is 0 Å². The molecule has 0 bridgehead atoms. The number of ether oxygens (including phenoxy) is 1. The van der Waals surface area contributed by atoms with Gasteiger partial charge in [-0.25, -0.2) is 0 Å². The molecule has 94 valence electrons. The van der Waals surface area contributed by atoms with Crippen molar-refractivity contribution < 1.29 is 9.15 Å². The van der Waals surface area contributed by atoms with Gasteiger partial charge in [0.1, 0.15) is 0 Å². The minimum absolute atomic E-state index is 0.162. The summed E-state index contributed by atoms with van der Waals surface area (Å²) in [5.41, 5.74) is 1.56. The molecule has 0 aromatic carbocycles. The molecule has 1 saturated carbocycles. The molecule has 1 aromatic rings. The van der Waals surface area contributed by atoms with Crippen LogP contribution in [0.25, 0.3) is 0 Å². The molecule has 2 fully saturated rings. The van der Waals surface area contributed by atoms with Crippen LogP contribution in [0, 0.1) is 5.41 Å². The maximum Gasteiger partial charge on any atom is 0.0980 e. The van der Waals surface area contributed by atoms with Crippen molar-refractivity contribution in [2.75, 3.05) is 19.7 Å². The predicted octanol–water partition coefficient (Wildman–Crippen LogP) is 2.89. The van der Waals surface area contributed by atoms with Crippen LogP contribution in [0.15, 0.2) is 23.0 Å². The van der Waals surface area contributed by atoms with Crippen LogP contribution in [0.2, 0.25) is 0 Å². The molecule has 3 rings (SSSR count). The number of rotatable bonds is 1. The molecule has 1 atom stereocenters. The molecule has 17 heavy (non-hydrogen) atoms. The summed E-state index contributed by atoms with van der Waals surface area (Å²) in [7, 11) is 0. The number of hydrogen-bond acceptors (Lipinski definition) is 3. The summed E-state index contributed by atoms with van der Waals surface area (Å²) >= 11 is 0. The molecule has 2 aliphatic rings. The van der Waals surface area contributed by atoms with Crippen LogP contribution < -0.4 is 5.32 Å². The second kappa shape index (κ2) is 4.83. The quantitative estimate of drug-likeness (QED) is 0.812. The van der Waals surface area contributed by atoms with E-state index in [9.17, 15) is 0 Å². The Balaban J connectivity index is 1.67. The topological polar surface area (TPSA) is 34.4 Å². The van der Waals surface area contributed by atoms with Crippen LogP contribution >= 0.6 is 0 Å². The Bertz CT molecular complexity index is 341. The summed E-state index contributed by atoms with van der Waals surface area (Å²) < 4.78 is 11.3. The Labute approximate surface area is 103 Å². The van der Waals surface area contributed by atoms with E-state index in [0.29, 0.717) is 5.41 Å². The zero-order valence-electron chi connectivity index (χ0n) is 10.3. The molecule has 1 unspecified atom stereocenters. The Morgan fingerprint density at radius 3 is 2.88 bits per heavy atom. The Hall–Kier alpha value is -0.800. The van der Waals surface area contributed by atoms with E-state index < -0.39 is 0 Å². The first-order valence-corrected chi connectivity index (χ1v) is 6.72. The van der Waals surface area contributed by atoms with E-state index in [-0.39, 0.29) is 6.10 Å². The lowest BCUT2D eigenvalue weighted by atomic mass is 9.75. The molecule has 3 heteroatoms. The second-order valence-corrected chi connectivity index (χ2v) is 5.55. The molecule has 1 aliphatic heterocycles. The third-order valence-electron chi connectivity index (χ3n) is 4.25. The van der Waals surface area contributed by atoms with E-state index >= 15 is 0 Å². The van der Waals surface area contributed by atoms with Gasteiger partial charge in [-0.05, 0) is 18.9 Å². The highest BCUT2D eigenvalue weighted by atomic mass is 16.5. The zero-order chi connectivity index (χ0) is 11.6. The first-order valence-electron chi connectivity index (χ1n) is 6.72. The van der Waals surface area contributed by atoms with Gasteiger partial charge in [-0.2, -0.15) is 0 Å². The maximum atomic E-state index is 6.12. The molecular formula is C14H21NO2. The van der Waals surface area contributed by atoms with Crippen molar-refractivity contribution in [3.63, 3.8) is 0 Å². The molecule has 1 aliphatic carbocycles. The Kier molecular flexibility index (Phi) is 3.21. The zero-order valence-corrected chi connectivity index (χ0v) is 10.3. The van der Waals surface area contributed by atoms with Crippen LogP contribution in [0.5, 0.6) is 0 Å². The normalized spacial score (nSPS) is 29.1. The van der Waals surface area contributed by atoms with E-state index in [4.69, 9.17) is 9.15 Å². The summed E-state index contributed by atoms with van der Waals surface area (Å²) in [6.07, 6.45) is 10.4. The molecular weight excluding hydrogens is 214 g/mol. The number of furan rings is 1. The fourth-order valence-corrected chi connectivity index (χ4v) is 3.15. The maximum absolute atomic E-state index is 6.12. The van der Waals surface area contributed by atoms with Gasteiger partial charge < -0.3 is 14.5 Å². The molecule has 3 nitrogen and oxygen atoms in total. The third-order valence-corrected chi connectivity index (χ3v) is 4.25. The van der Waals surface area contributed by atoms with Crippen molar-refractivity contribution >= 4 is 0 Å². The lowest BCUT2D eigenvalue weighted by molar-refractivity contribution is -0.00161. The van der Waals surface area contributed by atoms with E-state index in [2.05, 4.69) is 5.32 Å². The number of hydrogen-bond donors (Lipinski definition) is 1. The van der Waals surface area contributed by atoms with Gasteiger partial charge in [0.25, 0.3) is 0 Å². The summed E-state index contributed by atoms with van der Waals surface area (Å²) in [6, 6.07) is 2.01. The van der Waals surface area contributed by atoms with Crippen LogP contribution in [0.4, 0.5) is 0 Å². The van der Waals surface area contributed by atoms with Crippen molar-refractivity contribution in [2.45, 2.75) is 38.2 Å². The summed E-state index contributed by atoms with van der Waals surface area (Å²) in [5.74, 6) is 0. The standard InChI is InChI=1S/C14H21NO2/c1-2-5-14(6-3-1)10-15-8-13(17-11-14)12-4-7-16-9-12/h4,7,9,13,15H,1-3,5-6,8,10-11H2. The average Bonchev–Trinajstić information content (AvgIpc) is 2.82. The van der Waals surface area contributed by atoms with Crippen LogP contribution in [-0.2, 0) is 4.74 Å². The van der Waals surface area contributed by atoms with E-state index in [1.165, 1.54) is 32.1 Å². The summed E-state index contributed by atoms with van der Waals surface area (Å²) in [5, 5.41) is 3.58. The van der Waals surface area contributed by atoms with Crippen LogP contribution in [0.1, 0.15) is 43.8 Å². The van der Waals surface area contributed by atoms with Gasteiger partial charge >= 0.3 is 0 Å². The van der Waals surface area contributed by atoms with Crippen molar-refractivity contribution in [3.05, 3.63) is 24.2 Å². The highest BCUT2D eigenvalue weighted by molar-refractivity contribution is 5.10. The molecule has 0 amide bonds. The van der Waals surface area contributed by atoms with Gasteiger partial charge in [0, 0.05) is 24.1 Å². The van der Waals surface area contributed by atoms with Crippen LogP contribution in [-0.4, -0.2) is 19.7 Å². The highest BCUT2D eigenvalue weighted by Crippen LogP contribution is 2.38. The molecule has 1 spiro atoms. The van der Waals surface area contributed by atoms with Crippen molar-refractivity contribution in [2.24, 2.45) is 5.41 Å². The largest absolute Gasteiger partial charge is 0.472 e. The van der Waals surface area contributed by atoms with E-state index in [0.717, 1.165) is 25.3 Å². The monoisotopic (exact) mass is 235 g/mol.